The number of carbonyl (C=O) groups excluding carboxylic acids is 1. The van der Waals surface area contributed by atoms with Crippen LogP contribution in [0.1, 0.15) is 39.3 Å². The summed E-state index contributed by atoms with van der Waals surface area (Å²) in [7, 11) is 0. The fourth-order valence-electron chi connectivity index (χ4n) is 2.51. The molecule has 0 fully saturated rings. The van der Waals surface area contributed by atoms with Gasteiger partial charge in [0.05, 0.1) is 5.69 Å². The normalized spacial score (nSPS) is 13.8. The van der Waals surface area contributed by atoms with Gasteiger partial charge in [-0.05, 0) is 56.4 Å². The SMILES string of the molecule is Cc1cc(N)ccc1C(=O)Nc1nc2c(s1)CCCC2. The third kappa shape index (κ3) is 2.54. The lowest BCUT2D eigenvalue weighted by molar-refractivity contribution is 0.102. The number of nitrogens with zero attached hydrogens (tertiary/aromatic N) is 1. The maximum absolute atomic E-state index is 12.3. The molecule has 4 nitrogen and oxygen atoms in total. The maximum atomic E-state index is 12.3. The molecule has 1 aromatic carbocycles. The van der Waals surface area contributed by atoms with E-state index >= 15 is 0 Å². The molecule has 1 aromatic heterocycles. The molecular formula is C15H17N3OS. The van der Waals surface area contributed by atoms with Crippen molar-refractivity contribution in [2.75, 3.05) is 11.1 Å². The van der Waals surface area contributed by atoms with Gasteiger partial charge in [0.15, 0.2) is 5.13 Å². The molecule has 2 aromatic rings. The van der Waals surface area contributed by atoms with Crippen molar-refractivity contribution < 1.29 is 4.79 Å². The Bertz CT molecular complexity index is 640. The summed E-state index contributed by atoms with van der Waals surface area (Å²) in [5.74, 6) is -0.117. The predicted octanol–water partition coefficient (Wildman–Crippen LogP) is 3.16. The highest BCUT2D eigenvalue weighted by Gasteiger charge is 2.17. The highest BCUT2D eigenvalue weighted by Crippen LogP contribution is 2.29. The van der Waals surface area contributed by atoms with Crippen molar-refractivity contribution in [3.8, 4) is 0 Å². The van der Waals surface area contributed by atoms with E-state index in [1.165, 1.54) is 17.7 Å². The van der Waals surface area contributed by atoms with Gasteiger partial charge in [0.1, 0.15) is 0 Å². The largest absolute Gasteiger partial charge is 0.399 e. The van der Waals surface area contributed by atoms with Crippen LogP contribution in [0.2, 0.25) is 0 Å². The Hall–Kier alpha value is -1.88. The third-order valence-corrected chi connectivity index (χ3v) is 4.63. The van der Waals surface area contributed by atoms with Gasteiger partial charge < -0.3 is 5.73 Å². The lowest BCUT2D eigenvalue weighted by Gasteiger charge is -2.06. The van der Waals surface area contributed by atoms with Crippen LogP contribution >= 0.6 is 11.3 Å². The zero-order valence-corrected chi connectivity index (χ0v) is 12.2. The molecule has 0 saturated carbocycles. The van der Waals surface area contributed by atoms with Gasteiger partial charge in [0, 0.05) is 16.1 Å². The summed E-state index contributed by atoms with van der Waals surface area (Å²) in [5, 5.41) is 3.61. The highest BCUT2D eigenvalue weighted by molar-refractivity contribution is 7.15. The molecule has 0 saturated heterocycles. The third-order valence-electron chi connectivity index (χ3n) is 3.56. The van der Waals surface area contributed by atoms with E-state index in [0.29, 0.717) is 16.4 Å². The molecule has 0 aliphatic heterocycles. The summed E-state index contributed by atoms with van der Waals surface area (Å²) >= 11 is 1.60. The Kier molecular flexibility index (Phi) is 3.44. The molecule has 0 bridgehead atoms. The lowest BCUT2D eigenvalue weighted by atomic mass is 10.0. The summed E-state index contributed by atoms with van der Waals surface area (Å²) in [4.78, 5) is 18.1. The summed E-state index contributed by atoms with van der Waals surface area (Å²) in [5.41, 5.74) is 9.06. The average Bonchev–Trinajstić information content (AvgIpc) is 2.80. The Morgan fingerprint density at radius 2 is 2.15 bits per heavy atom. The molecule has 1 amide bonds. The molecule has 5 heteroatoms. The van der Waals surface area contributed by atoms with E-state index in [-0.39, 0.29) is 5.91 Å². The minimum atomic E-state index is -0.117. The van der Waals surface area contributed by atoms with Crippen molar-refractivity contribution in [1.29, 1.82) is 0 Å². The van der Waals surface area contributed by atoms with E-state index in [0.717, 1.165) is 24.1 Å². The number of benzene rings is 1. The fraction of sp³-hybridized carbons (Fsp3) is 0.333. The molecule has 0 spiro atoms. The fourth-order valence-corrected chi connectivity index (χ4v) is 3.56. The second kappa shape index (κ2) is 5.25. The van der Waals surface area contributed by atoms with Gasteiger partial charge in [-0.25, -0.2) is 4.98 Å². The Morgan fingerprint density at radius 3 is 2.90 bits per heavy atom. The van der Waals surface area contributed by atoms with Gasteiger partial charge in [0.2, 0.25) is 0 Å². The number of aromatic nitrogens is 1. The molecule has 104 valence electrons. The number of nitrogen functional groups attached to an aromatic ring is 1. The van der Waals surface area contributed by atoms with Crippen LogP contribution in [0.25, 0.3) is 0 Å². The molecule has 20 heavy (non-hydrogen) atoms. The number of carbonyl (C=O) groups is 1. The molecule has 1 aliphatic carbocycles. The molecule has 0 radical (unpaired) electrons. The standard InChI is InChI=1S/C15H17N3OS/c1-9-8-10(16)6-7-11(9)14(19)18-15-17-12-4-2-3-5-13(12)20-15/h6-8H,2-5,16H2,1H3,(H,17,18,19). The first-order valence-corrected chi connectivity index (χ1v) is 7.61. The quantitative estimate of drug-likeness (QED) is 0.834. The first-order valence-electron chi connectivity index (χ1n) is 6.79. The summed E-state index contributed by atoms with van der Waals surface area (Å²) in [6, 6.07) is 5.31. The van der Waals surface area contributed by atoms with Gasteiger partial charge in [-0.2, -0.15) is 0 Å². The van der Waals surface area contributed by atoms with Crippen LogP contribution in [0.3, 0.4) is 0 Å². The smallest absolute Gasteiger partial charge is 0.257 e. The van der Waals surface area contributed by atoms with Crippen molar-refractivity contribution in [1.82, 2.24) is 4.98 Å². The van der Waals surface area contributed by atoms with E-state index in [9.17, 15) is 4.79 Å². The van der Waals surface area contributed by atoms with Crippen LogP contribution < -0.4 is 11.1 Å². The van der Waals surface area contributed by atoms with E-state index in [2.05, 4.69) is 10.3 Å². The van der Waals surface area contributed by atoms with Crippen LogP contribution in [-0.2, 0) is 12.8 Å². The summed E-state index contributed by atoms with van der Waals surface area (Å²) in [6.07, 6.45) is 4.53. The number of anilines is 2. The maximum Gasteiger partial charge on any atom is 0.257 e. The van der Waals surface area contributed by atoms with Gasteiger partial charge >= 0.3 is 0 Å². The molecule has 0 atom stereocenters. The first kappa shape index (κ1) is 13.1. The summed E-state index contributed by atoms with van der Waals surface area (Å²) in [6.45, 7) is 1.89. The van der Waals surface area contributed by atoms with Crippen molar-refractivity contribution in [3.63, 3.8) is 0 Å². The van der Waals surface area contributed by atoms with E-state index in [1.807, 2.05) is 13.0 Å². The molecule has 3 rings (SSSR count). The predicted molar refractivity (Wildman–Crippen MR) is 82.3 cm³/mol. The van der Waals surface area contributed by atoms with Crippen LogP contribution in [0, 0.1) is 6.92 Å². The number of hydrogen-bond donors (Lipinski definition) is 2. The first-order chi connectivity index (χ1) is 9.63. The number of nitrogens with one attached hydrogen (secondary N) is 1. The van der Waals surface area contributed by atoms with Gasteiger partial charge in [-0.3, -0.25) is 10.1 Å². The molecule has 3 N–H and O–H groups in total. The van der Waals surface area contributed by atoms with Crippen LogP contribution in [0.5, 0.6) is 0 Å². The molecule has 1 heterocycles. The van der Waals surface area contributed by atoms with Gasteiger partial charge in [0.25, 0.3) is 5.91 Å². The Morgan fingerprint density at radius 1 is 1.35 bits per heavy atom. The van der Waals surface area contributed by atoms with Crippen molar-refractivity contribution in [2.24, 2.45) is 0 Å². The topological polar surface area (TPSA) is 68.0 Å². The van der Waals surface area contributed by atoms with Crippen LogP contribution in [0.15, 0.2) is 18.2 Å². The number of thiazole rings is 1. The van der Waals surface area contributed by atoms with Crippen LogP contribution in [0.4, 0.5) is 10.8 Å². The van der Waals surface area contributed by atoms with E-state index in [1.54, 1.807) is 23.5 Å². The molecule has 0 unspecified atom stereocenters. The second-order valence-corrected chi connectivity index (χ2v) is 6.21. The Balaban J connectivity index is 1.80. The number of aryl methyl sites for hydroxylation is 3. The monoisotopic (exact) mass is 287 g/mol. The number of amides is 1. The van der Waals surface area contributed by atoms with Gasteiger partial charge in [-0.1, -0.05) is 0 Å². The number of nitrogens with two attached hydrogens (primary N) is 1. The second-order valence-electron chi connectivity index (χ2n) is 5.12. The van der Waals surface area contributed by atoms with Crippen molar-refractivity contribution >= 4 is 28.1 Å². The molecular weight excluding hydrogens is 270 g/mol. The number of hydrogen-bond acceptors (Lipinski definition) is 4. The Labute approximate surface area is 122 Å². The lowest BCUT2D eigenvalue weighted by Crippen LogP contribution is -2.13. The minimum absolute atomic E-state index is 0.117. The average molecular weight is 287 g/mol. The van der Waals surface area contributed by atoms with E-state index in [4.69, 9.17) is 5.73 Å². The van der Waals surface area contributed by atoms with Gasteiger partial charge in [-0.15, -0.1) is 11.3 Å². The zero-order valence-electron chi connectivity index (χ0n) is 11.4. The highest BCUT2D eigenvalue weighted by atomic mass is 32.1. The summed E-state index contributed by atoms with van der Waals surface area (Å²) < 4.78 is 0. The molecule has 1 aliphatic rings. The number of rotatable bonds is 2. The van der Waals surface area contributed by atoms with Crippen molar-refractivity contribution in [3.05, 3.63) is 39.9 Å². The van der Waals surface area contributed by atoms with E-state index < -0.39 is 0 Å². The van der Waals surface area contributed by atoms with Crippen molar-refractivity contribution in [2.45, 2.75) is 32.6 Å². The zero-order chi connectivity index (χ0) is 14.1. The minimum Gasteiger partial charge on any atom is -0.399 e. The number of fused-ring (bicyclic) bond motifs is 1. The van der Waals surface area contributed by atoms with Crippen LogP contribution in [-0.4, -0.2) is 10.9 Å².